The molecule has 0 fully saturated rings. The molecule has 0 radical (unpaired) electrons. The molecule has 0 amide bonds. The number of allylic oxidation sites excluding steroid dienone is 10. The quantitative estimate of drug-likeness (QED) is 0.0197. The highest BCUT2D eigenvalue weighted by atomic mass is 31.2. The Morgan fingerprint density at radius 3 is 1.22 bits per heavy atom. The molecule has 0 saturated heterocycles. The van der Waals surface area contributed by atoms with Gasteiger partial charge in [0.05, 0.1) is 19.8 Å². The molecule has 394 valence electrons. The minimum atomic E-state index is -4.75. The van der Waals surface area contributed by atoms with Gasteiger partial charge in [-0.25, -0.2) is 4.57 Å². The van der Waals surface area contributed by atoms with Crippen molar-refractivity contribution in [1.82, 2.24) is 0 Å². The van der Waals surface area contributed by atoms with E-state index in [0.29, 0.717) is 19.3 Å². The fourth-order valence-corrected chi connectivity index (χ4v) is 8.07. The van der Waals surface area contributed by atoms with Crippen molar-refractivity contribution in [2.24, 2.45) is 0 Å². The van der Waals surface area contributed by atoms with Crippen LogP contribution in [0.3, 0.4) is 0 Å². The van der Waals surface area contributed by atoms with E-state index in [2.05, 4.69) is 81.5 Å². The SMILES string of the molecule is CC/C=C\C/C=C\C/C=C\C/C=C\CCCCC(=O)OCC(COP(=O)(O)OCC(CO)OC(=O)CCCCCCCCCCC)OC(=O)CCCCCCCCC/C=C\CCCCCCCC. The highest BCUT2D eigenvalue weighted by molar-refractivity contribution is 7.47. The van der Waals surface area contributed by atoms with Crippen LogP contribution in [0.1, 0.15) is 239 Å². The minimum Gasteiger partial charge on any atom is -0.462 e. The van der Waals surface area contributed by atoms with Crippen LogP contribution >= 0.6 is 7.82 Å². The first-order valence-electron chi connectivity index (χ1n) is 27.2. The molecule has 3 unspecified atom stereocenters. The van der Waals surface area contributed by atoms with Crippen LogP contribution in [0, 0.1) is 0 Å². The summed E-state index contributed by atoms with van der Waals surface area (Å²) in [6.45, 7) is 4.45. The van der Waals surface area contributed by atoms with Gasteiger partial charge < -0.3 is 24.2 Å². The minimum absolute atomic E-state index is 0.154. The summed E-state index contributed by atoms with van der Waals surface area (Å²) in [5.41, 5.74) is 0. The zero-order chi connectivity index (χ0) is 49.9. The molecule has 0 saturated carbocycles. The Morgan fingerprint density at radius 1 is 0.426 bits per heavy atom. The summed E-state index contributed by atoms with van der Waals surface area (Å²) in [6, 6.07) is 0. The zero-order valence-electron chi connectivity index (χ0n) is 43.3. The monoisotopic (exact) mass is 979 g/mol. The first-order valence-corrected chi connectivity index (χ1v) is 28.7. The van der Waals surface area contributed by atoms with E-state index in [-0.39, 0.29) is 25.9 Å². The molecule has 3 atom stereocenters. The Bertz CT molecular complexity index is 1370. The number of aliphatic hydroxyl groups is 1. The topological polar surface area (TPSA) is 155 Å². The van der Waals surface area contributed by atoms with Crippen molar-refractivity contribution in [3.63, 3.8) is 0 Å². The average Bonchev–Trinajstić information content (AvgIpc) is 3.32. The van der Waals surface area contributed by atoms with Crippen LogP contribution in [0.4, 0.5) is 0 Å². The second kappa shape index (κ2) is 50.6. The van der Waals surface area contributed by atoms with E-state index in [4.69, 9.17) is 23.3 Å². The summed E-state index contributed by atoms with van der Waals surface area (Å²) in [5, 5.41) is 9.75. The molecule has 0 heterocycles. The number of hydrogen-bond acceptors (Lipinski definition) is 10. The van der Waals surface area contributed by atoms with E-state index in [1.54, 1.807) is 0 Å². The summed E-state index contributed by atoms with van der Waals surface area (Å²) >= 11 is 0. The summed E-state index contributed by atoms with van der Waals surface area (Å²) in [5.74, 6) is -1.52. The predicted octanol–water partition coefficient (Wildman–Crippen LogP) is 15.6. The third-order valence-corrected chi connectivity index (χ3v) is 12.4. The fraction of sp³-hybridized carbons (Fsp3) is 0.768. The second-order valence-corrected chi connectivity index (χ2v) is 19.5. The van der Waals surface area contributed by atoms with Crippen molar-refractivity contribution in [2.45, 2.75) is 251 Å². The number of phosphoric ester groups is 1. The molecule has 12 heteroatoms. The first-order chi connectivity index (χ1) is 33.2. The van der Waals surface area contributed by atoms with Crippen molar-refractivity contribution in [3.05, 3.63) is 60.8 Å². The van der Waals surface area contributed by atoms with Crippen LogP contribution in [0.2, 0.25) is 0 Å². The Kier molecular flexibility index (Phi) is 48.5. The van der Waals surface area contributed by atoms with Crippen LogP contribution in [-0.4, -0.2) is 66.5 Å². The molecule has 11 nitrogen and oxygen atoms in total. The Hall–Kier alpha value is -2.82. The van der Waals surface area contributed by atoms with E-state index >= 15 is 0 Å². The van der Waals surface area contributed by atoms with Crippen molar-refractivity contribution in [3.8, 4) is 0 Å². The average molecular weight is 979 g/mol. The van der Waals surface area contributed by atoms with E-state index < -0.39 is 57.8 Å². The third-order valence-electron chi connectivity index (χ3n) is 11.4. The van der Waals surface area contributed by atoms with E-state index in [0.717, 1.165) is 89.9 Å². The highest BCUT2D eigenvalue weighted by Crippen LogP contribution is 2.43. The maximum Gasteiger partial charge on any atom is 0.472 e. The van der Waals surface area contributed by atoms with Gasteiger partial charge in [0.1, 0.15) is 12.7 Å². The lowest BCUT2D eigenvalue weighted by Crippen LogP contribution is -2.30. The van der Waals surface area contributed by atoms with Gasteiger partial charge >= 0.3 is 25.7 Å². The first kappa shape index (κ1) is 65.2. The number of aliphatic hydroxyl groups excluding tert-OH is 1. The number of hydrogen-bond donors (Lipinski definition) is 2. The molecule has 0 aromatic rings. The van der Waals surface area contributed by atoms with Crippen molar-refractivity contribution in [2.75, 3.05) is 26.4 Å². The summed E-state index contributed by atoms with van der Waals surface area (Å²) < 4.78 is 39.3. The van der Waals surface area contributed by atoms with Gasteiger partial charge in [-0.1, -0.05) is 197 Å². The van der Waals surface area contributed by atoms with Crippen molar-refractivity contribution < 1.29 is 52.2 Å². The molecule has 0 aliphatic carbocycles. The molecule has 0 aliphatic heterocycles. The lowest BCUT2D eigenvalue weighted by molar-refractivity contribution is -0.161. The number of carbonyl (C=O) groups excluding carboxylic acids is 3. The predicted molar refractivity (Wildman–Crippen MR) is 279 cm³/mol. The number of unbranched alkanes of at least 4 members (excludes halogenated alkanes) is 23. The molecule has 0 bridgehead atoms. The lowest BCUT2D eigenvalue weighted by Gasteiger charge is -2.21. The van der Waals surface area contributed by atoms with Crippen molar-refractivity contribution >= 4 is 25.7 Å². The van der Waals surface area contributed by atoms with Gasteiger partial charge in [0.25, 0.3) is 0 Å². The molecule has 0 spiro atoms. The molecular formula is C56H99O11P. The van der Waals surface area contributed by atoms with Gasteiger partial charge in [-0.15, -0.1) is 0 Å². The summed E-state index contributed by atoms with van der Waals surface area (Å²) in [6.07, 6.45) is 53.4. The standard InChI is InChI=1S/C56H99O11P/c1-4-7-10-13-16-19-21-23-25-26-28-30-32-35-38-41-44-47-56(60)67-53(49-63-54(58)45-42-39-36-34-31-29-27-24-22-20-17-14-11-8-5-2)51-65-68(61,62)64-50-52(48-57)66-55(59)46-43-40-37-33-18-15-12-9-6-3/h8,11,17,20,23-25,27,31,34,52-53,57H,4-7,9-10,12-16,18-19,21-22,26,28-30,32-33,35-51H2,1-3H3,(H,61,62)/b11-8-,20-17-,25-23-,27-24-,34-31-. The van der Waals surface area contributed by atoms with Crippen LogP contribution in [0.15, 0.2) is 60.8 Å². The summed E-state index contributed by atoms with van der Waals surface area (Å²) in [7, 11) is -4.75. The number of rotatable bonds is 50. The fourth-order valence-electron chi connectivity index (χ4n) is 7.28. The number of esters is 3. The highest BCUT2D eigenvalue weighted by Gasteiger charge is 2.28. The number of ether oxygens (including phenoxy) is 3. The number of phosphoric acid groups is 1. The second-order valence-electron chi connectivity index (χ2n) is 18.0. The molecule has 2 N–H and O–H groups in total. The Morgan fingerprint density at radius 2 is 0.765 bits per heavy atom. The third kappa shape index (κ3) is 48.2. The van der Waals surface area contributed by atoms with Crippen LogP contribution in [0.5, 0.6) is 0 Å². The molecule has 0 rings (SSSR count). The van der Waals surface area contributed by atoms with Gasteiger partial charge in [-0.3, -0.25) is 23.4 Å². The maximum atomic E-state index is 12.9. The Balaban J connectivity index is 4.79. The van der Waals surface area contributed by atoms with E-state index in [1.807, 2.05) is 0 Å². The molecular weight excluding hydrogens is 880 g/mol. The van der Waals surface area contributed by atoms with Gasteiger partial charge in [0, 0.05) is 19.3 Å². The zero-order valence-corrected chi connectivity index (χ0v) is 44.2. The molecule has 68 heavy (non-hydrogen) atoms. The van der Waals surface area contributed by atoms with Crippen LogP contribution in [-0.2, 0) is 42.2 Å². The van der Waals surface area contributed by atoms with Gasteiger partial charge in [0.2, 0.25) is 0 Å². The van der Waals surface area contributed by atoms with Crippen LogP contribution in [0.25, 0.3) is 0 Å². The van der Waals surface area contributed by atoms with Crippen LogP contribution < -0.4 is 0 Å². The molecule has 0 aromatic carbocycles. The lowest BCUT2D eigenvalue weighted by atomic mass is 10.1. The maximum absolute atomic E-state index is 12.9. The Labute approximate surface area is 415 Å². The normalized spacial score (nSPS) is 13.9. The molecule has 0 aromatic heterocycles. The summed E-state index contributed by atoms with van der Waals surface area (Å²) in [4.78, 5) is 48.3. The van der Waals surface area contributed by atoms with Gasteiger partial charge in [-0.2, -0.15) is 0 Å². The van der Waals surface area contributed by atoms with Crippen molar-refractivity contribution in [1.29, 1.82) is 0 Å². The van der Waals surface area contributed by atoms with Gasteiger partial charge in [0.15, 0.2) is 6.10 Å². The van der Waals surface area contributed by atoms with E-state index in [9.17, 15) is 28.9 Å². The van der Waals surface area contributed by atoms with Gasteiger partial charge in [-0.05, 0) is 83.5 Å². The van der Waals surface area contributed by atoms with E-state index in [1.165, 1.54) is 89.9 Å². The smallest absolute Gasteiger partial charge is 0.462 e. The molecule has 0 aliphatic rings. The number of carbonyl (C=O) groups is 3. The largest absolute Gasteiger partial charge is 0.472 e.